The maximum absolute atomic E-state index is 12.5. The van der Waals surface area contributed by atoms with E-state index in [9.17, 15) is 9.59 Å². The minimum atomic E-state index is -0.283. The van der Waals surface area contributed by atoms with Gasteiger partial charge in [-0.05, 0) is 48.4 Å². The van der Waals surface area contributed by atoms with Gasteiger partial charge in [-0.3, -0.25) is 14.9 Å². The van der Waals surface area contributed by atoms with Crippen molar-refractivity contribution in [3.05, 3.63) is 53.6 Å². The Morgan fingerprint density at radius 2 is 1.94 bits per heavy atom. The van der Waals surface area contributed by atoms with Gasteiger partial charge in [0.05, 0.1) is 12.4 Å². The molecule has 2 amide bonds. The average Bonchev–Trinajstić information content (AvgIpc) is 3.51. The lowest BCUT2D eigenvalue weighted by Gasteiger charge is -2.06. The molecule has 1 aliphatic rings. The Kier molecular flexibility index (Phi) is 8.21. The van der Waals surface area contributed by atoms with Crippen LogP contribution in [0.3, 0.4) is 0 Å². The molecule has 1 aromatic heterocycles. The number of hydrogen-bond acceptors (Lipinski definition) is 9. The summed E-state index contributed by atoms with van der Waals surface area (Å²) < 4.78 is 16.8. The summed E-state index contributed by atoms with van der Waals surface area (Å²) in [5, 5.41) is 14.0. The minimum absolute atomic E-state index is 0.135. The van der Waals surface area contributed by atoms with Crippen molar-refractivity contribution >= 4 is 40.0 Å². The van der Waals surface area contributed by atoms with Gasteiger partial charge in [0, 0.05) is 12.1 Å². The molecule has 178 valence electrons. The number of thioether (sulfide) groups is 1. The van der Waals surface area contributed by atoms with E-state index in [1.54, 1.807) is 24.3 Å². The second-order valence-corrected chi connectivity index (χ2v) is 9.51. The Bertz CT molecular complexity index is 1140. The van der Waals surface area contributed by atoms with Crippen LogP contribution in [0.5, 0.6) is 17.2 Å². The van der Waals surface area contributed by atoms with E-state index in [0.29, 0.717) is 39.7 Å². The Balaban J connectivity index is 1.20. The molecule has 9 nitrogen and oxygen atoms in total. The minimum Gasteiger partial charge on any atom is -0.494 e. The highest BCUT2D eigenvalue weighted by molar-refractivity contribution is 8.01. The number of fused-ring (bicyclic) bond motifs is 1. The summed E-state index contributed by atoms with van der Waals surface area (Å²) >= 11 is 2.48. The van der Waals surface area contributed by atoms with Crippen molar-refractivity contribution in [3.8, 4) is 17.2 Å². The van der Waals surface area contributed by atoms with Crippen molar-refractivity contribution in [2.75, 3.05) is 24.5 Å². The Morgan fingerprint density at radius 1 is 1.12 bits per heavy atom. The van der Waals surface area contributed by atoms with Gasteiger partial charge in [-0.2, -0.15) is 0 Å². The number of carbonyl (C=O) groups is 2. The first kappa shape index (κ1) is 23.8. The lowest BCUT2D eigenvalue weighted by molar-refractivity contribution is -0.118. The van der Waals surface area contributed by atoms with E-state index in [4.69, 9.17) is 14.2 Å². The summed E-state index contributed by atoms with van der Waals surface area (Å²) in [6.07, 6.45) is 2.05. The summed E-state index contributed by atoms with van der Waals surface area (Å²) in [6.45, 7) is 3.36. The fourth-order valence-corrected chi connectivity index (χ4v) is 4.53. The highest BCUT2D eigenvalue weighted by atomic mass is 32.2. The SMILES string of the molecule is CCCCOc1ccc(C(=O)Nc2nnc(SCC(=O)NCc3ccc4c(c3)OCO4)s2)cc1. The zero-order valence-electron chi connectivity index (χ0n) is 18.5. The number of nitrogens with zero attached hydrogens (tertiary/aromatic N) is 2. The van der Waals surface area contributed by atoms with Gasteiger partial charge in [-0.15, -0.1) is 10.2 Å². The number of carbonyl (C=O) groups excluding carboxylic acids is 2. The third-order valence-corrected chi connectivity index (χ3v) is 6.74. The number of unbranched alkanes of at least 4 members (excludes halogenated alkanes) is 1. The topological polar surface area (TPSA) is 112 Å². The van der Waals surface area contributed by atoms with E-state index in [2.05, 4.69) is 27.8 Å². The number of amides is 2. The van der Waals surface area contributed by atoms with E-state index in [1.165, 1.54) is 23.1 Å². The molecule has 0 saturated heterocycles. The van der Waals surface area contributed by atoms with Gasteiger partial charge >= 0.3 is 0 Å². The largest absolute Gasteiger partial charge is 0.494 e. The summed E-state index contributed by atoms with van der Waals surface area (Å²) in [7, 11) is 0. The summed E-state index contributed by atoms with van der Waals surface area (Å²) in [5.41, 5.74) is 1.42. The molecule has 1 aliphatic heterocycles. The third-order valence-electron chi connectivity index (χ3n) is 4.76. The van der Waals surface area contributed by atoms with Crippen LogP contribution in [-0.2, 0) is 11.3 Å². The standard InChI is InChI=1S/C23H24N4O5S2/c1-2-3-10-30-17-7-5-16(6-8-17)21(29)25-22-26-27-23(34-22)33-13-20(28)24-12-15-4-9-18-19(11-15)32-14-31-18/h4-9,11H,2-3,10,12-14H2,1H3,(H,24,28)(H,25,26,29). The van der Waals surface area contributed by atoms with Crippen molar-refractivity contribution in [2.24, 2.45) is 0 Å². The molecular formula is C23H24N4O5S2. The normalized spacial score (nSPS) is 11.8. The predicted molar refractivity (Wildman–Crippen MR) is 130 cm³/mol. The van der Waals surface area contributed by atoms with Crippen LogP contribution < -0.4 is 24.8 Å². The first-order valence-corrected chi connectivity index (χ1v) is 12.6. The number of anilines is 1. The Labute approximate surface area is 205 Å². The Hall–Kier alpha value is -3.31. The molecular weight excluding hydrogens is 476 g/mol. The summed E-state index contributed by atoms with van der Waals surface area (Å²) in [6, 6.07) is 12.5. The molecule has 0 bridgehead atoms. The molecule has 11 heteroatoms. The van der Waals surface area contributed by atoms with E-state index in [1.807, 2.05) is 18.2 Å². The van der Waals surface area contributed by atoms with Gasteiger partial charge in [-0.25, -0.2) is 0 Å². The van der Waals surface area contributed by atoms with Crippen LogP contribution >= 0.6 is 23.1 Å². The molecule has 2 N–H and O–H groups in total. The van der Waals surface area contributed by atoms with Crippen molar-refractivity contribution in [2.45, 2.75) is 30.6 Å². The number of hydrogen-bond donors (Lipinski definition) is 2. The molecule has 0 spiro atoms. The van der Waals surface area contributed by atoms with Crippen LogP contribution in [0, 0.1) is 0 Å². The molecule has 2 aromatic carbocycles. The van der Waals surface area contributed by atoms with Gasteiger partial charge in [0.25, 0.3) is 5.91 Å². The van der Waals surface area contributed by atoms with Gasteiger partial charge in [0.15, 0.2) is 15.8 Å². The number of nitrogens with one attached hydrogen (secondary N) is 2. The number of rotatable bonds is 11. The van der Waals surface area contributed by atoms with E-state index >= 15 is 0 Å². The van der Waals surface area contributed by atoms with Crippen LogP contribution in [0.4, 0.5) is 5.13 Å². The number of benzene rings is 2. The van der Waals surface area contributed by atoms with E-state index in [0.717, 1.165) is 24.2 Å². The number of ether oxygens (including phenoxy) is 3. The predicted octanol–water partition coefficient (Wildman–Crippen LogP) is 4.11. The van der Waals surface area contributed by atoms with Gasteiger partial charge in [-0.1, -0.05) is 42.5 Å². The molecule has 0 atom stereocenters. The molecule has 0 saturated carbocycles. The molecule has 0 radical (unpaired) electrons. The van der Waals surface area contributed by atoms with Gasteiger partial charge in [0.2, 0.25) is 17.8 Å². The average molecular weight is 501 g/mol. The lowest BCUT2D eigenvalue weighted by atomic mass is 10.2. The van der Waals surface area contributed by atoms with Crippen LogP contribution in [0.15, 0.2) is 46.8 Å². The third kappa shape index (κ3) is 6.61. The highest BCUT2D eigenvalue weighted by Gasteiger charge is 2.14. The maximum atomic E-state index is 12.5. The quantitative estimate of drug-likeness (QED) is 0.230. The van der Waals surface area contributed by atoms with E-state index < -0.39 is 0 Å². The fourth-order valence-electron chi connectivity index (χ4n) is 2.95. The summed E-state index contributed by atoms with van der Waals surface area (Å²) in [5.74, 6) is 1.89. The highest BCUT2D eigenvalue weighted by Crippen LogP contribution is 2.32. The molecule has 0 unspecified atom stereocenters. The second kappa shape index (κ2) is 11.7. The van der Waals surface area contributed by atoms with Gasteiger partial charge in [0.1, 0.15) is 5.75 Å². The van der Waals surface area contributed by atoms with Crippen molar-refractivity contribution in [3.63, 3.8) is 0 Å². The lowest BCUT2D eigenvalue weighted by Crippen LogP contribution is -2.24. The fraction of sp³-hybridized carbons (Fsp3) is 0.304. The van der Waals surface area contributed by atoms with Crippen LogP contribution in [0.1, 0.15) is 35.7 Å². The smallest absolute Gasteiger partial charge is 0.257 e. The molecule has 2 heterocycles. The van der Waals surface area contributed by atoms with Gasteiger partial charge < -0.3 is 19.5 Å². The first-order chi connectivity index (χ1) is 16.6. The summed E-state index contributed by atoms with van der Waals surface area (Å²) in [4.78, 5) is 24.6. The number of aromatic nitrogens is 2. The zero-order chi connectivity index (χ0) is 23.8. The Morgan fingerprint density at radius 3 is 2.76 bits per heavy atom. The molecule has 0 aliphatic carbocycles. The van der Waals surface area contributed by atoms with E-state index in [-0.39, 0.29) is 24.4 Å². The van der Waals surface area contributed by atoms with Crippen molar-refractivity contribution in [1.29, 1.82) is 0 Å². The monoisotopic (exact) mass is 500 g/mol. The van der Waals surface area contributed by atoms with Crippen LogP contribution in [0.25, 0.3) is 0 Å². The maximum Gasteiger partial charge on any atom is 0.257 e. The zero-order valence-corrected chi connectivity index (χ0v) is 20.2. The molecule has 4 rings (SSSR count). The van der Waals surface area contributed by atoms with Crippen molar-refractivity contribution in [1.82, 2.24) is 15.5 Å². The molecule has 34 heavy (non-hydrogen) atoms. The van der Waals surface area contributed by atoms with Crippen LogP contribution in [0.2, 0.25) is 0 Å². The van der Waals surface area contributed by atoms with Crippen LogP contribution in [-0.4, -0.2) is 41.2 Å². The van der Waals surface area contributed by atoms with Crippen molar-refractivity contribution < 1.29 is 23.8 Å². The first-order valence-electron chi connectivity index (χ1n) is 10.8. The second-order valence-electron chi connectivity index (χ2n) is 7.31. The molecule has 0 fully saturated rings. The molecule has 3 aromatic rings.